The Morgan fingerprint density at radius 2 is 2.29 bits per heavy atom. The topological polar surface area (TPSA) is 75.1 Å². The molecular weight excluding hydrogens is 238 g/mol. The first-order chi connectivity index (χ1) is 8.16. The predicted octanol–water partition coefficient (Wildman–Crippen LogP) is 2.41. The van der Waals surface area contributed by atoms with Crippen LogP contribution in [0.2, 0.25) is 0 Å². The molecule has 2 N–H and O–H groups in total. The number of hydrogen-bond acceptors (Lipinski definition) is 5. The first kappa shape index (κ1) is 11.5. The van der Waals surface area contributed by atoms with Crippen LogP contribution >= 0.6 is 11.3 Å². The third-order valence-corrected chi connectivity index (χ3v) is 3.26. The van der Waals surface area contributed by atoms with Crippen LogP contribution in [0.1, 0.15) is 28.3 Å². The van der Waals surface area contributed by atoms with Gasteiger partial charge in [0.2, 0.25) is 0 Å². The maximum Gasteiger partial charge on any atom is 0.356 e. The van der Waals surface area contributed by atoms with E-state index in [1.54, 1.807) is 11.3 Å². The molecule has 0 aliphatic rings. The number of thiophene rings is 1. The third kappa shape index (κ3) is 2.79. The van der Waals surface area contributed by atoms with Gasteiger partial charge in [-0.25, -0.2) is 14.8 Å². The number of carboxylic acids is 1. The van der Waals surface area contributed by atoms with E-state index < -0.39 is 5.97 Å². The highest BCUT2D eigenvalue weighted by atomic mass is 32.1. The number of nitrogens with one attached hydrogen (secondary N) is 1. The van der Waals surface area contributed by atoms with Crippen LogP contribution in [0.3, 0.4) is 0 Å². The molecule has 88 valence electrons. The Balaban J connectivity index is 2.06. The summed E-state index contributed by atoms with van der Waals surface area (Å²) in [6.07, 6.45) is 2.67. The van der Waals surface area contributed by atoms with Crippen LogP contribution < -0.4 is 5.32 Å². The zero-order chi connectivity index (χ0) is 12.3. The molecule has 0 spiro atoms. The van der Waals surface area contributed by atoms with Crippen molar-refractivity contribution >= 4 is 23.1 Å². The Labute approximate surface area is 102 Å². The molecule has 2 aromatic heterocycles. The lowest BCUT2D eigenvalue weighted by Crippen LogP contribution is -2.08. The molecular formula is C11H11N3O2S. The fraction of sp³-hybridized carbons (Fsp3) is 0.182. The van der Waals surface area contributed by atoms with Gasteiger partial charge in [-0.2, -0.15) is 0 Å². The lowest BCUT2D eigenvalue weighted by Gasteiger charge is -2.12. The maximum absolute atomic E-state index is 10.6. The SMILES string of the molecule is CC(Nc1cnc(C(=O)O)cn1)c1cccs1. The Morgan fingerprint density at radius 3 is 2.82 bits per heavy atom. The van der Waals surface area contributed by atoms with E-state index in [1.807, 2.05) is 24.4 Å². The summed E-state index contributed by atoms with van der Waals surface area (Å²) in [5.74, 6) is -0.508. The first-order valence-corrected chi connectivity index (χ1v) is 5.90. The van der Waals surface area contributed by atoms with Crippen LogP contribution in [0.15, 0.2) is 29.9 Å². The van der Waals surface area contributed by atoms with E-state index in [0.717, 1.165) is 0 Å². The fourth-order valence-electron chi connectivity index (χ4n) is 1.34. The molecule has 6 heteroatoms. The van der Waals surface area contributed by atoms with E-state index in [9.17, 15) is 4.79 Å². The normalized spacial score (nSPS) is 12.1. The first-order valence-electron chi connectivity index (χ1n) is 5.02. The smallest absolute Gasteiger partial charge is 0.356 e. The minimum atomic E-state index is -1.07. The average Bonchev–Trinajstić information content (AvgIpc) is 2.83. The molecule has 0 aliphatic carbocycles. The number of aromatic nitrogens is 2. The van der Waals surface area contributed by atoms with E-state index in [2.05, 4.69) is 15.3 Å². The summed E-state index contributed by atoms with van der Waals surface area (Å²) in [6.45, 7) is 2.01. The number of carbonyl (C=O) groups is 1. The van der Waals surface area contributed by atoms with Crippen molar-refractivity contribution in [3.05, 3.63) is 40.5 Å². The minimum Gasteiger partial charge on any atom is -0.476 e. The number of anilines is 1. The highest BCUT2D eigenvalue weighted by molar-refractivity contribution is 7.10. The van der Waals surface area contributed by atoms with E-state index in [0.29, 0.717) is 5.82 Å². The van der Waals surface area contributed by atoms with Crippen molar-refractivity contribution in [2.75, 3.05) is 5.32 Å². The van der Waals surface area contributed by atoms with E-state index in [4.69, 9.17) is 5.11 Å². The van der Waals surface area contributed by atoms with E-state index in [1.165, 1.54) is 17.3 Å². The molecule has 1 unspecified atom stereocenters. The Kier molecular flexibility index (Phi) is 3.34. The van der Waals surface area contributed by atoms with Crippen molar-refractivity contribution in [3.8, 4) is 0 Å². The third-order valence-electron chi connectivity index (χ3n) is 2.21. The number of nitrogens with zero attached hydrogens (tertiary/aromatic N) is 2. The summed E-state index contributed by atoms with van der Waals surface area (Å²) in [5, 5.41) is 13.8. The van der Waals surface area contributed by atoms with Crippen molar-refractivity contribution < 1.29 is 9.90 Å². The largest absolute Gasteiger partial charge is 0.476 e. The summed E-state index contributed by atoms with van der Waals surface area (Å²) in [4.78, 5) is 19.6. The van der Waals surface area contributed by atoms with Gasteiger partial charge in [0.25, 0.3) is 0 Å². The highest BCUT2D eigenvalue weighted by Gasteiger charge is 2.08. The van der Waals surface area contributed by atoms with Gasteiger partial charge in [0.1, 0.15) is 5.82 Å². The zero-order valence-corrected chi connectivity index (χ0v) is 9.94. The summed E-state index contributed by atoms with van der Waals surface area (Å²) >= 11 is 1.65. The second-order valence-electron chi connectivity index (χ2n) is 3.47. The molecule has 5 nitrogen and oxygen atoms in total. The van der Waals surface area contributed by atoms with Crippen LogP contribution in [0.4, 0.5) is 5.82 Å². The Morgan fingerprint density at radius 1 is 1.47 bits per heavy atom. The van der Waals surface area contributed by atoms with Crippen molar-refractivity contribution in [2.45, 2.75) is 13.0 Å². The Bertz CT molecular complexity index is 496. The van der Waals surface area contributed by atoms with Crippen LogP contribution in [-0.4, -0.2) is 21.0 Å². The summed E-state index contributed by atoms with van der Waals surface area (Å²) in [5.41, 5.74) is -0.0562. The van der Waals surface area contributed by atoms with Crippen LogP contribution in [0.5, 0.6) is 0 Å². The summed E-state index contributed by atoms with van der Waals surface area (Å²) < 4.78 is 0. The molecule has 0 saturated carbocycles. The van der Waals surface area contributed by atoms with Gasteiger partial charge in [0.15, 0.2) is 5.69 Å². The van der Waals surface area contributed by atoms with Crippen LogP contribution in [-0.2, 0) is 0 Å². The van der Waals surface area contributed by atoms with Crippen molar-refractivity contribution in [1.29, 1.82) is 0 Å². The average molecular weight is 249 g/mol. The van der Waals surface area contributed by atoms with Gasteiger partial charge >= 0.3 is 5.97 Å². The maximum atomic E-state index is 10.6. The molecule has 1 atom stereocenters. The van der Waals surface area contributed by atoms with E-state index in [-0.39, 0.29) is 11.7 Å². The molecule has 0 aromatic carbocycles. The second-order valence-corrected chi connectivity index (χ2v) is 4.45. The van der Waals surface area contributed by atoms with Gasteiger partial charge in [-0.05, 0) is 18.4 Å². The molecule has 0 bridgehead atoms. The van der Waals surface area contributed by atoms with Crippen molar-refractivity contribution in [2.24, 2.45) is 0 Å². The minimum absolute atomic E-state index is 0.0562. The molecule has 2 rings (SSSR count). The lowest BCUT2D eigenvalue weighted by molar-refractivity contribution is 0.0690. The van der Waals surface area contributed by atoms with Gasteiger partial charge in [0, 0.05) is 4.88 Å². The molecule has 2 aromatic rings. The number of aromatic carboxylic acids is 1. The number of hydrogen-bond donors (Lipinski definition) is 2. The van der Waals surface area contributed by atoms with Crippen LogP contribution in [0.25, 0.3) is 0 Å². The van der Waals surface area contributed by atoms with Gasteiger partial charge in [-0.1, -0.05) is 6.07 Å². The predicted molar refractivity (Wildman–Crippen MR) is 65.3 cm³/mol. The molecule has 0 aliphatic heterocycles. The highest BCUT2D eigenvalue weighted by Crippen LogP contribution is 2.21. The van der Waals surface area contributed by atoms with Gasteiger partial charge in [-0.3, -0.25) is 0 Å². The zero-order valence-electron chi connectivity index (χ0n) is 9.12. The molecule has 0 radical (unpaired) electrons. The lowest BCUT2D eigenvalue weighted by atomic mass is 10.3. The van der Waals surface area contributed by atoms with Gasteiger partial charge in [-0.15, -0.1) is 11.3 Å². The molecule has 0 saturated heterocycles. The fourth-order valence-corrected chi connectivity index (χ4v) is 2.08. The molecule has 0 amide bonds. The van der Waals surface area contributed by atoms with Crippen LogP contribution in [0, 0.1) is 0 Å². The van der Waals surface area contributed by atoms with Gasteiger partial charge in [0.05, 0.1) is 18.4 Å². The molecule has 0 fully saturated rings. The molecule has 2 heterocycles. The summed E-state index contributed by atoms with van der Waals surface area (Å²) in [6, 6.07) is 4.14. The summed E-state index contributed by atoms with van der Waals surface area (Å²) in [7, 11) is 0. The standard InChI is InChI=1S/C11H11N3O2S/c1-7(9-3-2-4-17-9)14-10-6-12-8(5-13-10)11(15)16/h2-7H,1H3,(H,13,14)(H,15,16). The second kappa shape index (κ2) is 4.92. The van der Waals surface area contributed by atoms with Gasteiger partial charge < -0.3 is 10.4 Å². The molecule has 17 heavy (non-hydrogen) atoms. The monoisotopic (exact) mass is 249 g/mol. The van der Waals surface area contributed by atoms with Crippen molar-refractivity contribution in [3.63, 3.8) is 0 Å². The van der Waals surface area contributed by atoms with E-state index >= 15 is 0 Å². The van der Waals surface area contributed by atoms with Crippen molar-refractivity contribution in [1.82, 2.24) is 9.97 Å². The Hall–Kier alpha value is -1.95. The number of carboxylic acid groups (broad SMARTS) is 1. The quantitative estimate of drug-likeness (QED) is 0.870. The number of rotatable bonds is 4.